The van der Waals surface area contributed by atoms with Crippen molar-refractivity contribution in [2.75, 3.05) is 0 Å². The van der Waals surface area contributed by atoms with Gasteiger partial charge in [-0.15, -0.1) is 0 Å². The smallest absolute Gasteiger partial charge is 0.107 e. The summed E-state index contributed by atoms with van der Waals surface area (Å²) >= 11 is 5.36. The summed E-state index contributed by atoms with van der Waals surface area (Å²) in [7, 11) is 0. The van der Waals surface area contributed by atoms with Gasteiger partial charge in [0.1, 0.15) is 4.99 Å². The van der Waals surface area contributed by atoms with E-state index < -0.39 is 0 Å². The fourth-order valence-electron chi connectivity index (χ4n) is 1.61. The number of nitrogens with one attached hydrogen (secondary N) is 1. The third kappa shape index (κ3) is 3.11. The SMILES string of the molecule is C[C@@H](NC(=S)c1ccncc1)c1ccccc1. The molecule has 3 heteroatoms. The Morgan fingerprint density at radius 2 is 1.76 bits per heavy atom. The highest BCUT2D eigenvalue weighted by atomic mass is 32.1. The molecule has 0 unspecified atom stereocenters. The summed E-state index contributed by atoms with van der Waals surface area (Å²) in [6.07, 6.45) is 3.49. The summed E-state index contributed by atoms with van der Waals surface area (Å²) in [6.45, 7) is 2.10. The zero-order valence-corrected chi connectivity index (χ0v) is 10.4. The van der Waals surface area contributed by atoms with Crippen molar-refractivity contribution < 1.29 is 0 Å². The number of benzene rings is 1. The Morgan fingerprint density at radius 1 is 1.12 bits per heavy atom. The number of thiocarbonyl (C=S) groups is 1. The van der Waals surface area contributed by atoms with Crippen molar-refractivity contribution in [2.45, 2.75) is 13.0 Å². The van der Waals surface area contributed by atoms with Gasteiger partial charge in [0.2, 0.25) is 0 Å². The van der Waals surface area contributed by atoms with Crippen molar-refractivity contribution in [3.8, 4) is 0 Å². The summed E-state index contributed by atoms with van der Waals surface area (Å²) in [6, 6.07) is 14.3. The van der Waals surface area contributed by atoms with Crippen LogP contribution < -0.4 is 5.32 Å². The quantitative estimate of drug-likeness (QED) is 0.837. The second-order valence-corrected chi connectivity index (χ2v) is 4.25. The molecule has 0 radical (unpaired) electrons. The molecule has 0 aliphatic rings. The molecule has 0 amide bonds. The number of nitrogens with zero attached hydrogens (tertiary/aromatic N) is 1. The van der Waals surface area contributed by atoms with Crippen LogP contribution in [0.3, 0.4) is 0 Å². The standard InChI is InChI=1S/C14H14N2S/c1-11(12-5-3-2-4-6-12)16-14(17)13-7-9-15-10-8-13/h2-11H,1H3,(H,16,17)/t11-/m1/s1. The van der Waals surface area contributed by atoms with Crippen molar-refractivity contribution in [3.05, 3.63) is 66.0 Å². The summed E-state index contributed by atoms with van der Waals surface area (Å²) in [5, 5.41) is 3.32. The van der Waals surface area contributed by atoms with Gasteiger partial charge in [-0.05, 0) is 24.6 Å². The van der Waals surface area contributed by atoms with Gasteiger partial charge in [0.05, 0.1) is 0 Å². The predicted molar refractivity (Wildman–Crippen MR) is 73.9 cm³/mol. The Kier molecular flexibility index (Phi) is 3.83. The third-order valence-electron chi connectivity index (χ3n) is 2.59. The Morgan fingerprint density at radius 3 is 2.41 bits per heavy atom. The number of pyridine rings is 1. The lowest BCUT2D eigenvalue weighted by Gasteiger charge is -2.16. The van der Waals surface area contributed by atoms with E-state index in [4.69, 9.17) is 12.2 Å². The molecule has 0 bridgehead atoms. The normalized spacial score (nSPS) is 11.8. The van der Waals surface area contributed by atoms with Gasteiger partial charge in [0.15, 0.2) is 0 Å². The van der Waals surface area contributed by atoms with E-state index in [0.29, 0.717) is 0 Å². The van der Waals surface area contributed by atoms with Crippen LogP contribution in [0.1, 0.15) is 24.1 Å². The van der Waals surface area contributed by atoms with Gasteiger partial charge in [0, 0.05) is 24.0 Å². The van der Waals surface area contributed by atoms with Crippen LogP contribution in [-0.2, 0) is 0 Å². The maximum Gasteiger partial charge on any atom is 0.107 e. The summed E-state index contributed by atoms with van der Waals surface area (Å²) < 4.78 is 0. The first-order valence-electron chi connectivity index (χ1n) is 5.53. The van der Waals surface area contributed by atoms with E-state index in [0.717, 1.165) is 10.6 Å². The second-order valence-electron chi connectivity index (χ2n) is 3.84. The fraction of sp³-hybridized carbons (Fsp3) is 0.143. The second kappa shape index (κ2) is 5.55. The fourth-order valence-corrected chi connectivity index (χ4v) is 1.92. The molecule has 1 aromatic heterocycles. The molecule has 1 N–H and O–H groups in total. The number of hydrogen-bond donors (Lipinski definition) is 1. The van der Waals surface area contributed by atoms with Crippen molar-refractivity contribution in [1.82, 2.24) is 10.3 Å². The third-order valence-corrected chi connectivity index (χ3v) is 2.94. The van der Waals surface area contributed by atoms with E-state index in [1.54, 1.807) is 12.4 Å². The van der Waals surface area contributed by atoms with Crippen LogP contribution in [0.5, 0.6) is 0 Å². The average Bonchev–Trinajstić information content (AvgIpc) is 2.40. The van der Waals surface area contributed by atoms with Crippen LogP contribution in [0, 0.1) is 0 Å². The van der Waals surface area contributed by atoms with E-state index in [1.807, 2.05) is 30.3 Å². The van der Waals surface area contributed by atoms with Crippen molar-refractivity contribution >= 4 is 17.2 Å². The molecule has 1 aromatic carbocycles. The summed E-state index contributed by atoms with van der Waals surface area (Å²) in [4.78, 5) is 4.73. The molecule has 2 nitrogen and oxygen atoms in total. The molecule has 1 atom stereocenters. The van der Waals surface area contributed by atoms with Crippen LogP contribution in [0.25, 0.3) is 0 Å². The molecular formula is C14H14N2S. The van der Waals surface area contributed by atoms with Gasteiger partial charge in [-0.2, -0.15) is 0 Å². The van der Waals surface area contributed by atoms with Crippen LogP contribution in [0.4, 0.5) is 0 Å². The average molecular weight is 242 g/mol. The van der Waals surface area contributed by atoms with E-state index in [2.05, 4.69) is 29.4 Å². The van der Waals surface area contributed by atoms with E-state index in [9.17, 15) is 0 Å². The molecular weight excluding hydrogens is 228 g/mol. The Hall–Kier alpha value is -1.74. The highest BCUT2D eigenvalue weighted by Crippen LogP contribution is 2.12. The molecule has 2 aromatic rings. The van der Waals surface area contributed by atoms with E-state index >= 15 is 0 Å². The van der Waals surface area contributed by atoms with Gasteiger partial charge < -0.3 is 5.32 Å². The minimum absolute atomic E-state index is 0.205. The monoisotopic (exact) mass is 242 g/mol. The molecule has 0 saturated heterocycles. The van der Waals surface area contributed by atoms with Gasteiger partial charge in [-0.25, -0.2) is 0 Å². The molecule has 17 heavy (non-hydrogen) atoms. The van der Waals surface area contributed by atoms with Crippen LogP contribution in [-0.4, -0.2) is 9.97 Å². The molecule has 0 fully saturated rings. The van der Waals surface area contributed by atoms with Crippen LogP contribution in [0.2, 0.25) is 0 Å². The van der Waals surface area contributed by atoms with Gasteiger partial charge in [0.25, 0.3) is 0 Å². The Balaban J connectivity index is 2.05. The predicted octanol–water partition coefficient (Wildman–Crippen LogP) is 3.11. The minimum Gasteiger partial charge on any atom is -0.369 e. The molecule has 86 valence electrons. The molecule has 0 aliphatic carbocycles. The molecule has 0 spiro atoms. The molecule has 0 saturated carbocycles. The minimum atomic E-state index is 0.205. The lowest BCUT2D eigenvalue weighted by atomic mass is 10.1. The van der Waals surface area contributed by atoms with Gasteiger partial charge in [-0.1, -0.05) is 42.5 Å². The number of rotatable bonds is 3. The van der Waals surface area contributed by atoms with Crippen molar-refractivity contribution in [1.29, 1.82) is 0 Å². The zero-order valence-electron chi connectivity index (χ0n) is 9.63. The van der Waals surface area contributed by atoms with Gasteiger partial charge in [-0.3, -0.25) is 4.98 Å². The first-order valence-corrected chi connectivity index (χ1v) is 5.94. The first kappa shape index (κ1) is 11.7. The number of hydrogen-bond acceptors (Lipinski definition) is 2. The first-order chi connectivity index (χ1) is 8.27. The van der Waals surface area contributed by atoms with Crippen LogP contribution in [0.15, 0.2) is 54.9 Å². The Bertz CT molecular complexity index is 482. The molecule has 0 aliphatic heterocycles. The topological polar surface area (TPSA) is 24.9 Å². The maximum atomic E-state index is 5.36. The highest BCUT2D eigenvalue weighted by molar-refractivity contribution is 7.80. The summed E-state index contributed by atoms with van der Waals surface area (Å²) in [5.41, 5.74) is 2.22. The lowest BCUT2D eigenvalue weighted by molar-refractivity contribution is 0.724. The summed E-state index contributed by atoms with van der Waals surface area (Å²) in [5.74, 6) is 0. The maximum absolute atomic E-state index is 5.36. The lowest BCUT2D eigenvalue weighted by Crippen LogP contribution is -2.25. The molecule has 1 heterocycles. The largest absolute Gasteiger partial charge is 0.369 e. The van der Waals surface area contributed by atoms with Gasteiger partial charge >= 0.3 is 0 Å². The highest BCUT2D eigenvalue weighted by Gasteiger charge is 2.07. The Labute approximate surface area is 107 Å². The van der Waals surface area contributed by atoms with E-state index in [-0.39, 0.29) is 6.04 Å². The van der Waals surface area contributed by atoms with Crippen molar-refractivity contribution in [2.24, 2.45) is 0 Å². The number of aromatic nitrogens is 1. The van der Waals surface area contributed by atoms with E-state index in [1.165, 1.54) is 5.56 Å². The zero-order chi connectivity index (χ0) is 12.1. The molecule has 2 rings (SSSR count). The van der Waals surface area contributed by atoms with Crippen LogP contribution >= 0.6 is 12.2 Å². The van der Waals surface area contributed by atoms with Crippen molar-refractivity contribution in [3.63, 3.8) is 0 Å².